The van der Waals surface area contributed by atoms with Crippen molar-refractivity contribution in [3.63, 3.8) is 0 Å². The molecular weight excluding hydrogens is 672 g/mol. The van der Waals surface area contributed by atoms with E-state index in [0.717, 1.165) is 37.7 Å². The number of likely N-dealkylation sites (tertiary alicyclic amines) is 1. The first-order valence-electron chi connectivity index (χ1n) is 14.9. The van der Waals surface area contributed by atoms with Crippen LogP contribution in [0.1, 0.15) is 23.2 Å². The number of aromatic nitrogens is 2. The predicted octanol–water partition coefficient (Wildman–Crippen LogP) is 6.55. The number of alkyl halides is 4. The lowest BCUT2D eigenvalue weighted by Gasteiger charge is -2.21. The Morgan fingerprint density at radius 3 is 2.04 bits per heavy atom. The van der Waals surface area contributed by atoms with E-state index in [4.69, 9.17) is 8.83 Å². The first kappa shape index (κ1) is 33.8. The fourth-order valence-electron chi connectivity index (χ4n) is 5.28. The standard InChI is InChI=1S/C20H15F6N3O3.C11H11F2N3O/c21-12-5-6-13-16(15(12)22)31-19(28-13)27-10-7-8-29(9-10)17(30)11-3-1-2-4-14(11)32-20(25,26)18(23)24;12-7-1-2-8-10(9(7)13)17-11(16-8)15-6-3-4-14-5-6/h1-6,10,18H,7-9H2,(H,27,28);1-2,6,14H,3-5H2,(H,15,16)/t10-;6-/m11/s1. The van der Waals surface area contributed by atoms with Crippen LogP contribution in [0.2, 0.25) is 0 Å². The van der Waals surface area contributed by atoms with Crippen molar-refractivity contribution in [2.45, 2.75) is 37.5 Å². The molecule has 7 rings (SSSR count). The summed E-state index contributed by atoms with van der Waals surface area (Å²) in [7, 11) is 0. The Hall–Kier alpha value is -5.13. The van der Waals surface area contributed by atoms with Crippen LogP contribution in [0.5, 0.6) is 5.75 Å². The van der Waals surface area contributed by atoms with E-state index >= 15 is 0 Å². The van der Waals surface area contributed by atoms with Gasteiger partial charge in [0.2, 0.25) is 11.6 Å². The van der Waals surface area contributed by atoms with Crippen LogP contribution in [0.4, 0.5) is 47.2 Å². The average Bonchev–Trinajstić information content (AvgIpc) is 3.89. The van der Waals surface area contributed by atoms with Crippen molar-refractivity contribution < 1.29 is 53.5 Å². The second-order valence-electron chi connectivity index (χ2n) is 11.1. The van der Waals surface area contributed by atoms with E-state index in [0.29, 0.717) is 11.9 Å². The second-order valence-corrected chi connectivity index (χ2v) is 11.1. The summed E-state index contributed by atoms with van der Waals surface area (Å²) in [5.41, 5.74) is -0.378. The lowest BCUT2D eigenvalue weighted by Crippen LogP contribution is -2.35. The number of carbonyl (C=O) groups is 1. The smallest absolute Gasteiger partial charge is 0.427 e. The van der Waals surface area contributed by atoms with Crippen LogP contribution in [-0.2, 0) is 0 Å². The molecule has 0 bridgehead atoms. The topological polar surface area (TPSA) is 118 Å². The van der Waals surface area contributed by atoms with Crippen LogP contribution >= 0.6 is 0 Å². The molecule has 0 aliphatic carbocycles. The molecule has 0 saturated carbocycles. The van der Waals surface area contributed by atoms with Crippen LogP contribution in [0.25, 0.3) is 22.2 Å². The highest BCUT2D eigenvalue weighted by Crippen LogP contribution is 2.32. The number of anilines is 2. The van der Waals surface area contributed by atoms with E-state index in [-0.39, 0.29) is 53.4 Å². The Labute approximate surface area is 271 Å². The third kappa shape index (κ3) is 7.33. The first-order chi connectivity index (χ1) is 23.4. The molecule has 260 valence electrons. The number of carbonyl (C=O) groups excluding carboxylic acids is 1. The number of para-hydroxylation sites is 1. The molecule has 2 aromatic heterocycles. The molecule has 0 spiro atoms. The monoisotopic (exact) mass is 698 g/mol. The number of amides is 1. The zero-order valence-corrected chi connectivity index (χ0v) is 25.1. The number of ether oxygens (including phenoxy) is 1. The molecule has 2 atom stereocenters. The summed E-state index contributed by atoms with van der Waals surface area (Å²) in [5, 5.41) is 9.10. The molecule has 10 nitrogen and oxygen atoms in total. The van der Waals surface area contributed by atoms with Crippen LogP contribution in [0, 0.1) is 23.3 Å². The normalized spacial score (nSPS) is 17.9. The second kappa shape index (κ2) is 13.8. The van der Waals surface area contributed by atoms with Gasteiger partial charge in [0, 0.05) is 31.7 Å². The highest BCUT2D eigenvalue weighted by atomic mass is 19.3. The number of oxazole rings is 2. The molecule has 0 unspecified atom stereocenters. The number of hydrogen-bond donors (Lipinski definition) is 3. The minimum Gasteiger partial charge on any atom is -0.427 e. The number of nitrogens with one attached hydrogen (secondary N) is 3. The van der Waals surface area contributed by atoms with E-state index in [1.165, 1.54) is 35.2 Å². The van der Waals surface area contributed by atoms with Crippen molar-refractivity contribution in [1.29, 1.82) is 0 Å². The first-order valence-corrected chi connectivity index (χ1v) is 14.9. The fourth-order valence-corrected chi connectivity index (χ4v) is 5.28. The van der Waals surface area contributed by atoms with Gasteiger partial charge in [-0.25, -0.2) is 8.78 Å². The zero-order chi connectivity index (χ0) is 34.9. The number of rotatable bonds is 8. The van der Waals surface area contributed by atoms with Crippen molar-refractivity contribution >= 4 is 40.1 Å². The molecule has 1 amide bonds. The van der Waals surface area contributed by atoms with Gasteiger partial charge in [-0.2, -0.15) is 36.3 Å². The maximum absolute atomic E-state index is 13.8. The van der Waals surface area contributed by atoms with Gasteiger partial charge in [0.15, 0.2) is 22.8 Å². The summed E-state index contributed by atoms with van der Waals surface area (Å²) >= 11 is 0. The molecule has 3 aromatic carbocycles. The highest BCUT2D eigenvalue weighted by molar-refractivity contribution is 5.97. The fraction of sp³-hybridized carbons (Fsp3) is 0.323. The molecular formula is C31H26F8N6O4. The Morgan fingerprint density at radius 2 is 1.47 bits per heavy atom. The third-order valence-electron chi connectivity index (χ3n) is 7.71. The minimum absolute atomic E-state index is 0.0795. The van der Waals surface area contributed by atoms with Gasteiger partial charge in [0.05, 0.1) is 5.56 Å². The summed E-state index contributed by atoms with van der Waals surface area (Å²) in [6.07, 6.45) is -7.47. The van der Waals surface area contributed by atoms with Gasteiger partial charge >= 0.3 is 12.5 Å². The van der Waals surface area contributed by atoms with Crippen LogP contribution < -0.4 is 20.7 Å². The number of hydrogen-bond acceptors (Lipinski definition) is 9. The molecule has 4 heterocycles. The van der Waals surface area contributed by atoms with Crippen molar-refractivity contribution in [2.75, 3.05) is 36.8 Å². The molecule has 0 radical (unpaired) electrons. The van der Waals surface area contributed by atoms with Crippen LogP contribution in [0.15, 0.2) is 57.4 Å². The Morgan fingerprint density at radius 1 is 0.878 bits per heavy atom. The van der Waals surface area contributed by atoms with E-state index in [1.54, 1.807) is 0 Å². The summed E-state index contributed by atoms with van der Waals surface area (Å²) in [5.74, 6) is -5.55. The lowest BCUT2D eigenvalue weighted by molar-refractivity contribution is -0.253. The summed E-state index contributed by atoms with van der Waals surface area (Å²) < 4.78 is 120. The van der Waals surface area contributed by atoms with Gasteiger partial charge in [-0.1, -0.05) is 12.1 Å². The van der Waals surface area contributed by atoms with Crippen LogP contribution in [0.3, 0.4) is 0 Å². The lowest BCUT2D eigenvalue weighted by atomic mass is 10.1. The van der Waals surface area contributed by atoms with Crippen molar-refractivity contribution in [2.24, 2.45) is 0 Å². The Kier molecular flexibility index (Phi) is 9.49. The predicted molar refractivity (Wildman–Crippen MR) is 159 cm³/mol. The zero-order valence-electron chi connectivity index (χ0n) is 25.1. The molecule has 18 heteroatoms. The molecule has 3 N–H and O–H groups in total. The SMILES string of the molecule is Fc1ccc2nc(N[C@@H]3CCNC3)oc2c1F.O=C(c1ccccc1OC(F)(F)C(F)F)N1CC[C@@H](Nc2nc3ccc(F)c(F)c3o2)C1. The Bertz CT molecular complexity index is 1970. The van der Waals surface area contributed by atoms with Gasteiger partial charge in [0.25, 0.3) is 17.9 Å². The van der Waals surface area contributed by atoms with E-state index in [2.05, 4.69) is 30.7 Å². The quantitative estimate of drug-likeness (QED) is 0.155. The van der Waals surface area contributed by atoms with E-state index in [1.807, 2.05) is 0 Å². The van der Waals surface area contributed by atoms with Crippen molar-refractivity contribution in [3.05, 3.63) is 77.4 Å². The molecule has 2 aliphatic rings. The summed E-state index contributed by atoms with van der Waals surface area (Å²) in [4.78, 5) is 22.2. The van der Waals surface area contributed by atoms with Gasteiger partial charge in [-0.3, -0.25) is 4.79 Å². The maximum Gasteiger partial charge on any atom is 0.461 e. The Balaban J connectivity index is 0.000000205. The van der Waals surface area contributed by atoms with Gasteiger partial charge < -0.3 is 34.4 Å². The molecule has 2 saturated heterocycles. The van der Waals surface area contributed by atoms with Gasteiger partial charge in [0.1, 0.15) is 16.8 Å². The molecule has 49 heavy (non-hydrogen) atoms. The number of benzene rings is 3. The van der Waals surface area contributed by atoms with Crippen molar-refractivity contribution in [1.82, 2.24) is 20.2 Å². The van der Waals surface area contributed by atoms with Gasteiger partial charge in [-0.05, 0) is 55.8 Å². The number of fused-ring (bicyclic) bond motifs is 2. The van der Waals surface area contributed by atoms with Gasteiger partial charge in [-0.15, -0.1) is 0 Å². The van der Waals surface area contributed by atoms with Crippen LogP contribution in [-0.4, -0.2) is 71.6 Å². The van der Waals surface area contributed by atoms with E-state index < -0.39 is 53.5 Å². The van der Waals surface area contributed by atoms with Crippen molar-refractivity contribution in [3.8, 4) is 5.75 Å². The third-order valence-corrected chi connectivity index (χ3v) is 7.71. The van der Waals surface area contributed by atoms with E-state index in [9.17, 15) is 39.9 Å². The largest absolute Gasteiger partial charge is 0.461 e. The molecule has 5 aromatic rings. The summed E-state index contributed by atoms with van der Waals surface area (Å²) in [6.45, 7) is 2.05. The minimum atomic E-state index is -4.76. The molecule has 2 aliphatic heterocycles. The molecule has 2 fully saturated rings. The number of halogens is 8. The maximum atomic E-state index is 13.8. The highest BCUT2D eigenvalue weighted by Gasteiger charge is 2.45. The average molecular weight is 699 g/mol. The summed E-state index contributed by atoms with van der Waals surface area (Å²) in [6, 6.07) is 9.44. The number of nitrogens with zero attached hydrogens (tertiary/aromatic N) is 3.